The van der Waals surface area contributed by atoms with Crippen molar-refractivity contribution in [3.63, 3.8) is 0 Å². The van der Waals surface area contributed by atoms with Crippen LogP contribution in [-0.4, -0.2) is 37.1 Å². The van der Waals surface area contributed by atoms with Gasteiger partial charge in [-0.2, -0.15) is 0 Å². The predicted molar refractivity (Wildman–Crippen MR) is 51.2 cm³/mol. The van der Waals surface area contributed by atoms with Gasteiger partial charge in [0.25, 0.3) is 0 Å². The summed E-state index contributed by atoms with van der Waals surface area (Å²) in [6, 6.07) is 1.61. The molecule has 2 aliphatic rings. The van der Waals surface area contributed by atoms with Crippen molar-refractivity contribution < 1.29 is 0 Å². The first-order chi connectivity index (χ1) is 5.77. The van der Waals surface area contributed by atoms with Crippen LogP contribution in [-0.2, 0) is 0 Å². The van der Waals surface area contributed by atoms with Crippen molar-refractivity contribution in [2.75, 3.05) is 20.1 Å². The second kappa shape index (κ2) is 3.35. The van der Waals surface area contributed by atoms with E-state index >= 15 is 0 Å². The first kappa shape index (κ1) is 8.52. The summed E-state index contributed by atoms with van der Waals surface area (Å²) in [6.07, 6.45) is 4.40. The predicted octanol–water partition coefficient (Wildman–Crippen LogP) is 1.08. The first-order valence-corrected chi connectivity index (χ1v) is 5.20. The van der Waals surface area contributed by atoms with Crippen molar-refractivity contribution >= 4 is 0 Å². The molecule has 0 amide bonds. The van der Waals surface area contributed by atoms with Crippen LogP contribution in [0.15, 0.2) is 0 Å². The molecule has 0 aromatic carbocycles. The van der Waals surface area contributed by atoms with Crippen molar-refractivity contribution in [2.45, 2.75) is 38.3 Å². The summed E-state index contributed by atoms with van der Waals surface area (Å²) in [7, 11) is 2.28. The van der Waals surface area contributed by atoms with Gasteiger partial charge in [-0.05, 0) is 26.3 Å². The highest BCUT2D eigenvalue weighted by Crippen LogP contribution is 2.34. The lowest BCUT2D eigenvalue weighted by atomic mass is 10.1. The molecule has 12 heavy (non-hydrogen) atoms. The number of nitrogens with one attached hydrogen (secondary N) is 1. The Labute approximate surface area is 75.3 Å². The summed E-state index contributed by atoms with van der Waals surface area (Å²) in [5.41, 5.74) is 0. The van der Waals surface area contributed by atoms with Crippen LogP contribution in [0, 0.1) is 5.92 Å². The first-order valence-electron chi connectivity index (χ1n) is 5.20. The molecule has 0 aromatic heterocycles. The Kier molecular flexibility index (Phi) is 2.37. The Bertz CT molecular complexity index is 150. The van der Waals surface area contributed by atoms with Crippen molar-refractivity contribution in [3.05, 3.63) is 0 Å². The van der Waals surface area contributed by atoms with E-state index in [4.69, 9.17) is 0 Å². The second-order valence-electron chi connectivity index (χ2n) is 4.51. The molecular formula is C10H20N2. The molecule has 70 valence electrons. The van der Waals surface area contributed by atoms with Crippen molar-refractivity contribution in [3.8, 4) is 0 Å². The number of likely N-dealkylation sites (N-methyl/N-ethyl adjacent to an activating group) is 1. The molecule has 2 rings (SSSR count). The summed E-state index contributed by atoms with van der Waals surface area (Å²) in [5.74, 6) is 1.07. The maximum absolute atomic E-state index is 3.32. The summed E-state index contributed by atoms with van der Waals surface area (Å²) >= 11 is 0. The highest BCUT2D eigenvalue weighted by atomic mass is 15.2. The van der Waals surface area contributed by atoms with Crippen LogP contribution in [0.3, 0.4) is 0 Å². The summed E-state index contributed by atoms with van der Waals surface area (Å²) < 4.78 is 0. The highest BCUT2D eigenvalue weighted by molar-refractivity contribution is 4.87. The van der Waals surface area contributed by atoms with Crippen molar-refractivity contribution in [1.82, 2.24) is 10.2 Å². The molecule has 1 atom stereocenters. The van der Waals surface area contributed by atoms with Gasteiger partial charge in [-0.15, -0.1) is 0 Å². The van der Waals surface area contributed by atoms with Gasteiger partial charge in [0.05, 0.1) is 0 Å². The van der Waals surface area contributed by atoms with E-state index in [1.165, 1.54) is 32.4 Å². The Balaban J connectivity index is 1.72. The molecule has 2 nitrogen and oxygen atoms in total. The Morgan fingerprint density at radius 2 is 2.08 bits per heavy atom. The fourth-order valence-corrected chi connectivity index (χ4v) is 1.92. The lowest BCUT2D eigenvalue weighted by molar-refractivity contribution is 0.127. The number of hydrogen-bond acceptors (Lipinski definition) is 2. The van der Waals surface area contributed by atoms with Gasteiger partial charge in [-0.25, -0.2) is 0 Å². The van der Waals surface area contributed by atoms with Crippen LogP contribution in [0.4, 0.5) is 0 Å². The molecule has 1 N–H and O–H groups in total. The van der Waals surface area contributed by atoms with Crippen LogP contribution in [0.5, 0.6) is 0 Å². The van der Waals surface area contributed by atoms with E-state index in [1.54, 1.807) is 0 Å². The summed E-state index contributed by atoms with van der Waals surface area (Å²) in [4.78, 5) is 2.55. The van der Waals surface area contributed by atoms with Crippen molar-refractivity contribution in [2.24, 2.45) is 5.92 Å². The van der Waals surface area contributed by atoms with Gasteiger partial charge in [0, 0.05) is 25.2 Å². The van der Waals surface area contributed by atoms with Crippen LogP contribution in [0.1, 0.15) is 26.2 Å². The minimum Gasteiger partial charge on any atom is -0.314 e. The number of nitrogens with zero attached hydrogens (tertiary/aromatic N) is 1. The van der Waals surface area contributed by atoms with Crippen LogP contribution < -0.4 is 5.32 Å². The van der Waals surface area contributed by atoms with Crippen LogP contribution in [0.2, 0.25) is 0 Å². The molecule has 1 saturated carbocycles. The average molecular weight is 168 g/mol. The number of hydrogen-bond donors (Lipinski definition) is 1. The molecule has 1 unspecified atom stereocenters. The van der Waals surface area contributed by atoms with Gasteiger partial charge in [-0.1, -0.05) is 12.8 Å². The van der Waals surface area contributed by atoms with Gasteiger partial charge in [0.15, 0.2) is 0 Å². The average Bonchev–Trinajstić information content (AvgIpc) is 2.67. The fraction of sp³-hybridized carbons (Fsp3) is 1.00. The lowest BCUT2D eigenvalue weighted by Crippen LogP contribution is -2.58. The standard InChI is InChI=1S/C10H20N2/c1-8(5-9-3-4-9)12(2)10-6-11-7-10/h8-11H,3-7H2,1-2H3. The van der Waals surface area contributed by atoms with E-state index in [0.29, 0.717) is 0 Å². The van der Waals surface area contributed by atoms with E-state index in [9.17, 15) is 0 Å². The zero-order valence-electron chi connectivity index (χ0n) is 8.21. The third-order valence-electron chi connectivity index (χ3n) is 3.40. The van der Waals surface area contributed by atoms with Crippen molar-refractivity contribution in [1.29, 1.82) is 0 Å². The normalized spacial score (nSPS) is 27.2. The maximum atomic E-state index is 3.32. The second-order valence-corrected chi connectivity index (χ2v) is 4.51. The van der Waals surface area contributed by atoms with Gasteiger partial charge in [-0.3, -0.25) is 4.90 Å². The fourth-order valence-electron chi connectivity index (χ4n) is 1.92. The van der Waals surface area contributed by atoms with Gasteiger partial charge < -0.3 is 5.32 Å². The third-order valence-corrected chi connectivity index (χ3v) is 3.40. The molecule has 0 bridgehead atoms. The Hall–Kier alpha value is -0.0800. The van der Waals surface area contributed by atoms with Crippen LogP contribution >= 0.6 is 0 Å². The molecule has 0 aromatic rings. The molecule has 1 aliphatic carbocycles. The zero-order valence-corrected chi connectivity index (χ0v) is 8.21. The molecular weight excluding hydrogens is 148 g/mol. The van der Waals surface area contributed by atoms with E-state index in [0.717, 1.165) is 18.0 Å². The highest BCUT2D eigenvalue weighted by Gasteiger charge is 2.29. The molecule has 2 heteroatoms. The van der Waals surface area contributed by atoms with Gasteiger partial charge >= 0.3 is 0 Å². The molecule has 1 saturated heterocycles. The quantitative estimate of drug-likeness (QED) is 0.675. The Morgan fingerprint density at radius 3 is 2.50 bits per heavy atom. The molecule has 0 spiro atoms. The Morgan fingerprint density at radius 1 is 1.42 bits per heavy atom. The zero-order chi connectivity index (χ0) is 8.55. The summed E-state index contributed by atoms with van der Waals surface area (Å²) in [5, 5.41) is 3.32. The van der Waals surface area contributed by atoms with Crippen LogP contribution in [0.25, 0.3) is 0 Å². The maximum Gasteiger partial charge on any atom is 0.0345 e. The topological polar surface area (TPSA) is 15.3 Å². The summed E-state index contributed by atoms with van der Waals surface area (Å²) in [6.45, 7) is 4.77. The van der Waals surface area contributed by atoms with Gasteiger partial charge in [0.1, 0.15) is 0 Å². The molecule has 0 radical (unpaired) electrons. The molecule has 1 heterocycles. The number of rotatable bonds is 4. The molecule has 2 fully saturated rings. The third kappa shape index (κ3) is 1.80. The monoisotopic (exact) mass is 168 g/mol. The van der Waals surface area contributed by atoms with E-state index in [-0.39, 0.29) is 0 Å². The smallest absolute Gasteiger partial charge is 0.0345 e. The van der Waals surface area contributed by atoms with E-state index < -0.39 is 0 Å². The minimum absolute atomic E-state index is 0.796. The largest absolute Gasteiger partial charge is 0.314 e. The van der Waals surface area contributed by atoms with E-state index in [2.05, 4.69) is 24.2 Å². The molecule has 1 aliphatic heterocycles. The van der Waals surface area contributed by atoms with Gasteiger partial charge in [0.2, 0.25) is 0 Å². The lowest BCUT2D eigenvalue weighted by Gasteiger charge is -2.39. The SMILES string of the molecule is CC(CC1CC1)N(C)C1CNC1. The van der Waals surface area contributed by atoms with E-state index in [1.807, 2.05) is 0 Å². The minimum atomic E-state index is 0.796.